The van der Waals surface area contributed by atoms with E-state index in [0.29, 0.717) is 0 Å². The number of fused-ring (bicyclic) bond motifs is 1. The molecule has 0 fully saturated rings. The van der Waals surface area contributed by atoms with Crippen LogP contribution in [0.25, 0.3) is 16.9 Å². The summed E-state index contributed by atoms with van der Waals surface area (Å²) in [5.41, 5.74) is 2.78. The highest BCUT2D eigenvalue weighted by atomic mass is 15.3. The van der Waals surface area contributed by atoms with Gasteiger partial charge in [0.1, 0.15) is 11.3 Å². The second-order valence-corrected chi connectivity index (χ2v) is 2.97. The van der Waals surface area contributed by atoms with Crippen molar-refractivity contribution < 1.29 is 0 Å². The Hall–Kier alpha value is -2.17. The minimum absolute atomic E-state index is 0.834. The molecule has 3 heterocycles. The van der Waals surface area contributed by atoms with Crippen LogP contribution in [0.4, 0.5) is 0 Å². The predicted octanol–water partition coefficient (Wildman–Crippen LogP) is 1.12. The van der Waals surface area contributed by atoms with Crippen LogP contribution in [-0.4, -0.2) is 24.8 Å². The SMILES string of the molecule is c1cn2cc(-c3cn[nH]n3)ccc2n1. The third-order valence-corrected chi connectivity index (χ3v) is 2.10. The lowest BCUT2D eigenvalue weighted by Crippen LogP contribution is -1.85. The lowest BCUT2D eigenvalue weighted by Gasteiger charge is -1.96. The van der Waals surface area contributed by atoms with Crippen LogP contribution in [0.5, 0.6) is 0 Å². The number of nitrogens with one attached hydrogen (secondary N) is 1. The first-order chi connectivity index (χ1) is 6.93. The molecule has 0 radical (unpaired) electrons. The number of aromatic nitrogens is 5. The Bertz CT molecular complexity index is 551. The van der Waals surface area contributed by atoms with Gasteiger partial charge in [0.25, 0.3) is 0 Å². The zero-order chi connectivity index (χ0) is 9.38. The van der Waals surface area contributed by atoms with Gasteiger partial charge in [-0.05, 0) is 12.1 Å². The molecule has 0 bridgehead atoms. The maximum Gasteiger partial charge on any atom is 0.136 e. The van der Waals surface area contributed by atoms with E-state index in [1.165, 1.54) is 0 Å². The molecule has 5 nitrogen and oxygen atoms in total. The summed E-state index contributed by atoms with van der Waals surface area (Å²) in [6.07, 6.45) is 7.33. The van der Waals surface area contributed by atoms with Crippen molar-refractivity contribution in [2.24, 2.45) is 0 Å². The first kappa shape index (κ1) is 7.25. The molecule has 68 valence electrons. The zero-order valence-corrected chi connectivity index (χ0v) is 7.25. The van der Waals surface area contributed by atoms with Crippen molar-refractivity contribution in [3.05, 3.63) is 36.9 Å². The molecule has 0 aliphatic heterocycles. The molecule has 0 unspecified atom stereocenters. The number of aromatic amines is 1. The first-order valence-electron chi connectivity index (χ1n) is 4.22. The lowest BCUT2D eigenvalue weighted by atomic mass is 10.2. The zero-order valence-electron chi connectivity index (χ0n) is 7.25. The van der Waals surface area contributed by atoms with Crippen LogP contribution in [0.3, 0.4) is 0 Å². The van der Waals surface area contributed by atoms with E-state index in [4.69, 9.17) is 0 Å². The summed E-state index contributed by atoms with van der Waals surface area (Å²) in [7, 11) is 0. The van der Waals surface area contributed by atoms with Crippen LogP contribution < -0.4 is 0 Å². The number of pyridine rings is 1. The molecule has 1 N–H and O–H groups in total. The Morgan fingerprint density at radius 1 is 1.29 bits per heavy atom. The third-order valence-electron chi connectivity index (χ3n) is 2.10. The maximum absolute atomic E-state index is 4.16. The molecule has 3 aromatic heterocycles. The van der Waals surface area contributed by atoms with E-state index < -0.39 is 0 Å². The van der Waals surface area contributed by atoms with Gasteiger partial charge in [-0.3, -0.25) is 0 Å². The van der Waals surface area contributed by atoms with E-state index >= 15 is 0 Å². The Balaban J connectivity index is 2.23. The van der Waals surface area contributed by atoms with Gasteiger partial charge in [0.2, 0.25) is 0 Å². The van der Waals surface area contributed by atoms with E-state index in [2.05, 4.69) is 20.4 Å². The first-order valence-corrected chi connectivity index (χ1v) is 4.22. The average Bonchev–Trinajstić information content (AvgIpc) is 2.88. The predicted molar refractivity (Wildman–Crippen MR) is 50.6 cm³/mol. The van der Waals surface area contributed by atoms with Gasteiger partial charge in [-0.15, -0.1) is 0 Å². The van der Waals surface area contributed by atoms with Crippen LogP contribution in [-0.2, 0) is 0 Å². The van der Waals surface area contributed by atoms with E-state index in [0.717, 1.165) is 16.9 Å². The fraction of sp³-hybridized carbons (Fsp3) is 0. The summed E-state index contributed by atoms with van der Waals surface area (Å²) in [6.45, 7) is 0. The van der Waals surface area contributed by atoms with Crippen LogP contribution in [0.2, 0.25) is 0 Å². The fourth-order valence-corrected chi connectivity index (χ4v) is 1.41. The molecule has 0 amide bonds. The Morgan fingerprint density at radius 3 is 3.14 bits per heavy atom. The van der Waals surface area contributed by atoms with Gasteiger partial charge in [0.15, 0.2) is 0 Å². The number of hydrogen-bond acceptors (Lipinski definition) is 3. The van der Waals surface area contributed by atoms with Gasteiger partial charge in [-0.25, -0.2) is 4.98 Å². The van der Waals surface area contributed by atoms with Gasteiger partial charge in [0, 0.05) is 24.2 Å². The second-order valence-electron chi connectivity index (χ2n) is 2.97. The molecular weight excluding hydrogens is 178 g/mol. The summed E-state index contributed by atoms with van der Waals surface area (Å²) in [6, 6.07) is 3.92. The molecule has 3 rings (SSSR count). The third kappa shape index (κ3) is 0.990. The smallest absolute Gasteiger partial charge is 0.136 e. The average molecular weight is 185 g/mol. The van der Waals surface area contributed by atoms with Crippen molar-refractivity contribution in [2.45, 2.75) is 0 Å². The second kappa shape index (κ2) is 2.66. The number of imidazole rings is 1. The van der Waals surface area contributed by atoms with Crippen LogP contribution in [0.15, 0.2) is 36.9 Å². The van der Waals surface area contributed by atoms with Crippen molar-refractivity contribution in [3.8, 4) is 11.3 Å². The lowest BCUT2D eigenvalue weighted by molar-refractivity contribution is 0.941. The highest BCUT2D eigenvalue weighted by Crippen LogP contribution is 2.15. The van der Waals surface area contributed by atoms with Crippen molar-refractivity contribution >= 4 is 5.65 Å². The Labute approximate surface area is 79.4 Å². The summed E-state index contributed by atoms with van der Waals surface area (Å²) in [5, 5.41) is 10.4. The number of nitrogens with zero attached hydrogens (tertiary/aromatic N) is 4. The molecule has 0 aliphatic carbocycles. The molecule has 14 heavy (non-hydrogen) atoms. The van der Waals surface area contributed by atoms with E-state index in [1.54, 1.807) is 12.4 Å². The van der Waals surface area contributed by atoms with Gasteiger partial charge < -0.3 is 4.40 Å². The summed E-state index contributed by atoms with van der Waals surface area (Å²) in [4.78, 5) is 4.16. The molecule has 0 saturated carbocycles. The Morgan fingerprint density at radius 2 is 2.29 bits per heavy atom. The highest BCUT2D eigenvalue weighted by Gasteiger charge is 2.01. The maximum atomic E-state index is 4.16. The molecule has 0 atom stereocenters. The van der Waals surface area contributed by atoms with Gasteiger partial charge in [-0.2, -0.15) is 15.4 Å². The monoisotopic (exact) mass is 185 g/mol. The Kier molecular flexibility index (Phi) is 1.38. The molecule has 3 aromatic rings. The normalized spacial score (nSPS) is 10.9. The quantitative estimate of drug-likeness (QED) is 0.618. The number of hydrogen-bond donors (Lipinski definition) is 1. The minimum Gasteiger partial charge on any atom is -0.306 e. The van der Waals surface area contributed by atoms with Gasteiger partial charge in [-0.1, -0.05) is 0 Å². The summed E-state index contributed by atoms with van der Waals surface area (Å²) < 4.78 is 1.95. The minimum atomic E-state index is 0.834. The fourth-order valence-electron chi connectivity index (χ4n) is 1.41. The van der Waals surface area contributed by atoms with E-state index in [9.17, 15) is 0 Å². The van der Waals surface area contributed by atoms with Crippen molar-refractivity contribution in [3.63, 3.8) is 0 Å². The van der Waals surface area contributed by atoms with E-state index in [1.807, 2.05) is 28.9 Å². The van der Waals surface area contributed by atoms with Gasteiger partial charge >= 0.3 is 0 Å². The van der Waals surface area contributed by atoms with Crippen LogP contribution in [0, 0.1) is 0 Å². The molecule has 0 aliphatic rings. The summed E-state index contributed by atoms with van der Waals surface area (Å²) in [5.74, 6) is 0. The van der Waals surface area contributed by atoms with E-state index in [-0.39, 0.29) is 0 Å². The van der Waals surface area contributed by atoms with Gasteiger partial charge in [0.05, 0.1) is 6.20 Å². The summed E-state index contributed by atoms with van der Waals surface area (Å²) >= 11 is 0. The highest BCUT2D eigenvalue weighted by molar-refractivity contribution is 5.59. The molecular formula is C9H7N5. The largest absolute Gasteiger partial charge is 0.306 e. The van der Waals surface area contributed by atoms with Crippen molar-refractivity contribution in [1.82, 2.24) is 24.8 Å². The number of H-pyrrole nitrogens is 1. The standard InChI is InChI=1S/C9H7N5/c1-2-9-10-3-4-14(9)6-7(1)8-5-11-13-12-8/h1-6H,(H,11,12,13). The van der Waals surface area contributed by atoms with Crippen LogP contribution in [0.1, 0.15) is 0 Å². The topological polar surface area (TPSA) is 58.9 Å². The molecule has 0 aromatic carbocycles. The molecule has 0 spiro atoms. The van der Waals surface area contributed by atoms with Crippen LogP contribution >= 0.6 is 0 Å². The number of rotatable bonds is 1. The van der Waals surface area contributed by atoms with Crippen molar-refractivity contribution in [2.75, 3.05) is 0 Å². The molecule has 5 heteroatoms. The van der Waals surface area contributed by atoms with Crippen molar-refractivity contribution in [1.29, 1.82) is 0 Å². The molecule has 0 saturated heterocycles.